The lowest BCUT2D eigenvalue weighted by atomic mass is 9.93. The molecule has 6 rings (SSSR count). The van der Waals surface area contributed by atoms with Gasteiger partial charge in [-0.05, 0) is 120 Å². The first kappa shape index (κ1) is 33.6. The van der Waals surface area contributed by atoms with Gasteiger partial charge in [-0.1, -0.05) is 146 Å². The van der Waals surface area contributed by atoms with Gasteiger partial charge in [0.05, 0.1) is 6.04 Å². The predicted molar refractivity (Wildman–Crippen MR) is 213 cm³/mol. The molecule has 0 bridgehead atoms. The Morgan fingerprint density at radius 1 is 0.796 bits per heavy atom. The van der Waals surface area contributed by atoms with Crippen LogP contribution in [-0.4, -0.2) is 12.6 Å². The summed E-state index contributed by atoms with van der Waals surface area (Å²) in [6.45, 7) is 16.7. The van der Waals surface area contributed by atoms with E-state index in [1.807, 2.05) is 0 Å². The Labute approximate surface area is 293 Å². The molecule has 0 N–H and O–H groups in total. The first-order chi connectivity index (χ1) is 23.9. The van der Waals surface area contributed by atoms with Crippen LogP contribution < -0.4 is 0 Å². The minimum atomic E-state index is -0.0925. The summed E-state index contributed by atoms with van der Waals surface area (Å²) in [4.78, 5) is 10.1. The molecule has 1 aliphatic carbocycles. The van der Waals surface area contributed by atoms with Crippen LogP contribution in [0.2, 0.25) is 0 Å². The predicted octanol–water partition coefficient (Wildman–Crippen LogP) is 12.5. The largest absolute Gasteiger partial charge is 0.258 e. The molecule has 5 aromatic carbocycles. The molecule has 1 unspecified atom stereocenters. The molecular formula is C47H46N2. The summed E-state index contributed by atoms with van der Waals surface area (Å²) in [5.74, 6) is 0.693. The molecular weight excluding hydrogens is 593 g/mol. The lowest BCUT2D eigenvalue weighted by molar-refractivity contribution is 0.653. The molecule has 1 atom stereocenters. The molecule has 0 heterocycles. The van der Waals surface area contributed by atoms with E-state index in [1.165, 1.54) is 66.8 Å². The lowest BCUT2D eigenvalue weighted by Gasteiger charge is -2.18. The molecule has 0 fully saturated rings. The van der Waals surface area contributed by atoms with Gasteiger partial charge in [-0.15, -0.1) is 0 Å². The molecule has 244 valence electrons. The summed E-state index contributed by atoms with van der Waals surface area (Å²) in [6.07, 6.45) is 8.20. The Kier molecular flexibility index (Phi) is 10.4. The van der Waals surface area contributed by atoms with Gasteiger partial charge >= 0.3 is 0 Å². The minimum Gasteiger partial charge on any atom is -0.258 e. The molecule has 2 heteroatoms. The van der Waals surface area contributed by atoms with Gasteiger partial charge in [0, 0.05) is 5.56 Å². The van der Waals surface area contributed by atoms with E-state index in [0.717, 1.165) is 36.8 Å². The van der Waals surface area contributed by atoms with Crippen LogP contribution >= 0.6 is 0 Å². The minimum absolute atomic E-state index is 0.0925. The Hall–Kier alpha value is -5.34. The molecule has 0 amide bonds. The second-order valence-corrected chi connectivity index (χ2v) is 13.3. The molecule has 1 aliphatic rings. The summed E-state index contributed by atoms with van der Waals surface area (Å²) >= 11 is 0. The Bertz CT molecular complexity index is 2070. The van der Waals surface area contributed by atoms with Crippen LogP contribution in [-0.2, 0) is 12.8 Å². The van der Waals surface area contributed by atoms with Crippen molar-refractivity contribution >= 4 is 23.7 Å². The maximum Gasteiger partial charge on any atom is 0.155 e. The van der Waals surface area contributed by atoms with Crippen LogP contribution in [0.5, 0.6) is 0 Å². The number of hydrogen-bond donors (Lipinski definition) is 0. The second-order valence-electron chi connectivity index (χ2n) is 13.3. The van der Waals surface area contributed by atoms with E-state index >= 15 is 0 Å². The van der Waals surface area contributed by atoms with Crippen molar-refractivity contribution in [2.24, 2.45) is 9.98 Å². The van der Waals surface area contributed by atoms with Crippen LogP contribution in [0.25, 0.3) is 33.4 Å². The van der Waals surface area contributed by atoms with Gasteiger partial charge in [-0.2, -0.15) is 0 Å². The zero-order valence-electron chi connectivity index (χ0n) is 29.3. The summed E-state index contributed by atoms with van der Waals surface area (Å²) in [5.41, 5.74) is 17.1. The van der Waals surface area contributed by atoms with Crippen molar-refractivity contribution in [2.45, 2.75) is 59.4 Å². The molecule has 0 saturated heterocycles. The average molecular weight is 639 g/mol. The first-order valence-corrected chi connectivity index (χ1v) is 17.4. The van der Waals surface area contributed by atoms with Gasteiger partial charge in [-0.25, -0.2) is 4.99 Å². The molecule has 0 radical (unpaired) electrons. The average Bonchev–Trinajstić information content (AvgIpc) is 3.51. The molecule has 0 spiro atoms. The zero-order chi connectivity index (χ0) is 34.3. The van der Waals surface area contributed by atoms with E-state index in [9.17, 15) is 0 Å². The third-order valence-corrected chi connectivity index (χ3v) is 9.34. The van der Waals surface area contributed by atoms with E-state index in [0.29, 0.717) is 5.84 Å². The third-order valence-electron chi connectivity index (χ3n) is 9.34. The number of rotatable bonds is 11. The van der Waals surface area contributed by atoms with Gasteiger partial charge in [-0.3, -0.25) is 4.99 Å². The van der Waals surface area contributed by atoms with Crippen LogP contribution in [0.4, 0.5) is 0 Å². The zero-order valence-corrected chi connectivity index (χ0v) is 29.3. The number of fused-ring (bicyclic) bond motifs is 3. The van der Waals surface area contributed by atoms with E-state index in [4.69, 9.17) is 4.99 Å². The number of benzene rings is 5. The molecule has 2 nitrogen and oxygen atoms in total. The molecule has 0 saturated carbocycles. The highest BCUT2D eigenvalue weighted by Gasteiger charge is 2.26. The van der Waals surface area contributed by atoms with Crippen molar-refractivity contribution in [1.82, 2.24) is 0 Å². The highest BCUT2D eigenvalue weighted by molar-refractivity contribution is 6.08. The van der Waals surface area contributed by atoms with E-state index in [-0.39, 0.29) is 6.04 Å². The fraction of sp³-hybridized carbons (Fsp3) is 0.191. The van der Waals surface area contributed by atoms with Crippen molar-refractivity contribution in [3.63, 3.8) is 0 Å². The van der Waals surface area contributed by atoms with Crippen molar-refractivity contribution < 1.29 is 0 Å². The maximum absolute atomic E-state index is 5.46. The fourth-order valence-corrected chi connectivity index (χ4v) is 6.97. The Morgan fingerprint density at radius 2 is 1.53 bits per heavy atom. The Balaban J connectivity index is 1.43. The summed E-state index contributed by atoms with van der Waals surface area (Å²) in [7, 11) is 0. The first-order valence-electron chi connectivity index (χ1n) is 17.4. The Morgan fingerprint density at radius 3 is 2.24 bits per heavy atom. The standard InChI is InChI=1S/C47H46N2/c1-7-14-37(29-32(2)3)38-17-11-18-39(30-38)45(28-23-34-15-9-8-10-16-34)49-47(48-6)43-22-12-19-40-31-44-41(20-13-21-42(44)46(40)43)36-26-24-35(25-27-36)33(4)5/h8-22,24-27,29-30,45H,4,6-7,23,28,31H2,1-3,5H3/b37-14+,49-47?. The van der Waals surface area contributed by atoms with Crippen molar-refractivity contribution in [3.05, 3.63) is 179 Å². The number of amidine groups is 1. The van der Waals surface area contributed by atoms with Crippen LogP contribution in [0, 0.1) is 0 Å². The van der Waals surface area contributed by atoms with Gasteiger partial charge in [0.2, 0.25) is 0 Å². The van der Waals surface area contributed by atoms with E-state index in [1.54, 1.807) is 0 Å². The van der Waals surface area contributed by atoms with Crippen LogP contribution in [0.1, 0.15) is 85.5 Å². The summed E-state index contributed by atoms with van der Waals surface area (Å²) in [6, 6.07) is 41.5. The van der Waals surface area contributed by atoms with Crippen LogP contribution in [0.3, 0.4) is 0 Å². The fourth-order valence-electron chi connectivity index (χ4n) is 6.97. The van der Waals surface area contributed by atoms with Gasteiger partial charge in [0.15, 0.2) is 5.84 Å². The highest BCUT2D eigenvalue weighted by Crippen LogP contribution is 2.44. The number of nitrogens with zero attached hydrogens (tertiary/aromatic N) is 2. The SMILES string of the molecule is C=NC(=NC(CCc1ccccc1)c1cccc(/C(C=C(C)C)=C/CC)c1)c1cccc2c1-c1cccc(-c3ccc(C(=C)C)cc3)c1C2. The second kappa shape index (κ2) is 15.3. The third kappa shape index (κ3) is 7.55. The number of hydrogen-bond acceptors (Lipinski definition) is 1. The monoisotopic (exact) mass is 638 g/mol. The maximum atomic E-state index is 5.46. The normalized spacial score (nSPS) is 13.0. The summed E-state index contributed by atoms with van der Waals surface area (Å²) in [5, 5.41) is 0. The molecule has 0 aromatic heterocycles. The molecule has 0 aliphatic heterocycles. The van der Waals surface area contributed by atoms with Crippen molar-refractivity contribution in [3.8, 4) is 22.3 Å². The van der Waals surface area contributed by atoms with Crippen molar-refractivity contribution in [1.29, 1.82) is 0 Å². The van der Waals surface area contributed by atoms with Crippen LogP contribution in [0.15, 0.2) is 150 Å². The summed E-state index contributed by atoms with van der Waals surface area (Å²) < 4.78 is 0. The quantitative estimate of drug-likeness (QED) is 0.0766. The topological polar surface area (TPSA) is 24.7 Å². The molecule has 5 aromatic rings. The lowest BCUT2D eigenvalue weighted by Crippen LogP contribution is -2.06. The van der Waals surface area contributed by atoms with Gasteiger partial charge in [0.1, 0.15) is 0 Å². The van der Waals surface area contributed by atoms with E-state index in [2.05, 4.69) is 173 Å². The van der Waals surface area contributed by atoms with Crippen molar-refractivity contribution in [2.75, 3.05) is 0 Å². The number of aryl methyl sites for hydroxylation is 1. The number of aliphatic imine (C=N–C) groups is 2. The van der Waals surface area contributed by atoms with E-state index < -0.39 is 0 Å². The van der Waals surface area contributed by atoms with Gasteiger partial charge in [0.25, 0.3) is 0 Å². The molecule has 49 heavy (non-hydrogen) atoms. The number of allylic oxidation sites excluding steroid dienone is 5. The highest BCUT2D eigenvalue weighted by atomic mass is 14.9. The van der Waals surface area contributed by atoms with Gasteiger partial charge < -0.3 is 0 Å². The smallest absolute Gasteiger partial charge is 0.155 e.